The molecule has 0 saturated heterocycles. The molecule has 9 heteroatoms. The number of nitrogens with zero attached hydrogens (tertiary/aromatic N) is 4. The molecule has 0 spiro atoms. The molecule has 0 atom stereocenters. The molecule has 0 aliphatic heterocycles. The van der Waals surface area contributed by atoms with Gasteiger partial charge in [0.15, 0.2) is 11.6 Å². The number of aryl methyl sites for hydroxylation is 2. The number of methoxy groups -OCH3 is 1. The second-order valence-corrected chi connectivity index (χ2v) is 6.42. The van der Waals surface area contributed by atoms with Gasteiger partial charge in [0.25, 0.3) is 5.78 Å². The molecule has 0 saturated carbocycles. The number of rotatable bonds is 5. The van der Waals surface area contributed by atoms with Crippen molar-refractivity contribution in [3.8, 4) is 5.75 Å². The van der Waals surface area contributed by atoms with Crippen molar-refractivity contribution in [3.05, 3.63) is 41.0 Å². The molecule has 136 valence electrons. The molecule has 1 aromatic carbocycles. The summed E-state index contributed by atoms with van der Waals surface area (Å²) in [6, 6.07) is 4.28. The summed E-state index contributed by atoms with van der Waals surface area (Å²) in [6.45, 7) is 3.70. The van der Waals surface area contributed by atoms with Gasteiger partial charge in [-0.25, -0.2) is 13.9 Å². The van der Waals surface area contributed by atoms with Crippen molar-refractivity contribution in [2.45, 2.75) is 25.4 Å². The third-order valence-electron chi connectivity index (χ3n) is 3.98. The van der Waals surface area contributed by atoms with Crippen LogP contribution in [0.3, 0.4) is 0 Å². The number of anilines is 1. The van der Waals surface area contributed by atoms with E-state index in [1.54, 1.807) is 10.6 Å². The smallest absolute Gasteiger partial charge is 0.253 e. The summed E-state index contributed by atoms with van der Waals surface area (Å²) in [6.07, 6.45) is 1.99. The van der Waals surface area contributed by atoms with Crippen molar-refractivity contribution in [1.29, 1.82) is 0 Å². The lowest BCUT2D eigenvalue weighted by molar-refractivity contribution is -0.115. The van der Waals surface area contributed by atoms with E-state index in [-0.39, 0.29) is 18.1 Å². The lowest BCUT2D eigenvalue weighted by Crippen LogP contribution is -2.18. The van der Waals surface area contributed by atoms with Gasteiger partial charge in [-0.3, -0.25) is 4.79 Å². The van der Waals surface area contributed by atoms with Crippen molar-refractivity contribution < 1.29 is 13.9 Å². The van der Waals surface area contributed by atoms with E-state index in [1.807, 2.05) is 20.1 Å². The zero-order valence-electron chi connectivity index (χ0n) is 14.8. The number of aromatic nitrogens is 4. The minimum absolute atomic E-state index is 0.0999. The number of hydrogen-bond acceptors (Lipinski definition) is 6. The highest BCUT2D eigenvalue weighted by Crippen LogP contribution is 2.21. The summed E-state index contributed by atoms with van der Waals surface area (Å²) < 4.78 is 20.3. The first-order valence-corrected chi connectivity index (χ1v) is 9.05. The van der Waals surface area contributed by atoms with Crippen LogP contribution in [0, 0.1) is 19.7 Å². The van der Waals surface area contributed by atoms with Gasteiger partial charge in [0, 0.05) is 28.7 Å². The van der Waals surface area contributed by atoms with Gasteiger partial charge in [-0.2, -0.15) is 4.98 Å². The average Bonchev–Trinajstić information content (AvgIpc) is 3.02. The Hall–Kier alpha value is -2.68. The monoisotopic (exact) mass is 375 g/mol. The summed E-state index contributed by atoms with van der Waals surface area (Å²) in [5, 5.41) is 7.68. The maximum absolute atomic E-state index is 13.8. The van der Waals surface area contributed by atoms with Crippen molar-refractivity contribution >= 4 is 29.1 Å². The molecule has 0 unspecified atom stereocenters. The second-order valence-electron chi connectivity index (χ2n) is 5.65. The molecule has 2 heterocycles. The molecular formula is C17H18FN5O2S. The number of amides is 1. The SMILES string of the molecule is COc1ccc(NC(=O)Cc2c(C)nc3nc(SC)nn3c2C)cc1F. The maximum Gasteiger partial charge on any atom is 0.253 e. The van der Waals surface area contributed by atoms with Gasteiger partial charge in [-0.05, 0) is 32.2 Å². The number of nitrogens with one attached hydrogen (secondary N) is 1. The largest absolute Gasteiger partial charge is 0.494 e. The van der Waals surface area contributed by atoms with Crippen LogP contribution in [0.4, 0.5) is 10.1 Å². The molecular weight excluding hydrogens is 357 g/mol. The van der Waals surface area contributed by atoms with E-state index in [0.717, 1.165) is 11.3 Å². The number of fused-ring (bicyclic) bond motifs is 1. The summed E-state index contributed by atoms with van der Waals surface area (Å²) >= 11 is 1.43. The quantitative estimate of drug-likeness (QED) is 0.691. The molecule has 1 N–H and O–H groups in total. The zero-order valence-corrected chi connectivity index (χ0v) is 15.6. The molecule has 0 bridgehead atoms. The van der Waals surface area contributed by atoms with Gasteiger partial charge in [0.05, 0.1) is 13.5 Å². The molecule has 2 aromatic heterocycles. The number of benzene rings is 1. The van der Waals surface area contributed by atoms with Crippen LogP contribution in [0.2, 0.25) is 0 Å². The summed E-state index contributed by atoms with van der Waals surface area (Å²) in [5.74, 6) is -0.175. The Morgan fingerprint density at radius 1 is 1.35 bits per heavy atom. The van der Waals surface area contributed by atoms with Gasteiger partial charge in [-0.15, -0.1) is 5.10 Å². The van der Waals surface area contributed by atoms with E-state index in [1.165, 1.54) is 31.0 Å². The highest BCUT2D eigenvalue weighted by atomic mass is 32.2. The van der Waals surface area contributed by atoms with Crippen LogP contribution in [0.15, 0.2) is 23.4 Å². The van der Waals surface area contributed by atoms with E-state index < -0.39 is 5.82 Å². The van der Waals surface area contributed by atoms with E-state index in [2.05, 4.69) is 20.4 Å². The number of carbonyl (C=O) groups is 1. The van der Waals surface area contributed by atoms with Gasteiger partial charge >= 0.3 is 0 Å². The van der Waals surface area contributed by atoms with Crippen LogP contribution < -0.4 is 10.1 Å². The first kappa shape index (κ1) is 18.1. The van der Waals surface area contributed by atoms with E-state index >= 15 is 0 Å². The molecule has 7 nitrogen and oxygen atoms in total. The Morgan fingerprint density at radius 3 is 2.77 bits per heavy atom. The van der Waals surface area contributed by atoms with Gasteiger partial charge in [-0.1, -0.05) is 11.8 Å². The lowest BCUT2D eigenvalue weighted by atomic mass is 10.1. The van der Waals surface area contributed by atoms with Gasteiger partial charge in [0.2, 0.25) is 11.1 Å². The molecule has 0 aliphatic rings. The molecule has 1 amide bonds. The first-order chi connectivity index (χ1) is 12.4. The Balaban J connectivity index is 1.83. The van der Waals surface area contributed by atoms with Crippen molar-refractivity contribution in [2.75, 3.05) is 18.7 Å². The van der Waals surface area contributed by atoms with Crippen LogP contribution >= 0.6 is 11.8 Å². The molecule has 0 radical (unpaired) electrons. The first-order valence-electron chi connectivity index (χ1n) is 7.83. The summed E-state index contributed by atoms with van der Waals surface area (Å²) in [7, 11) is 1.39. The predicted octanol–water partition coefficient (Wildman–Crippen LogP) is 2.79. The molecule has 0 fully saturated rings. The van der Waals surface area contributed by atoms with Crippen LogP contribution in [-0.4, -0.2) is 38.9 Å². The third kappa shape index (κ3) is 3.48. The Labute approximate surface area is 154 Å². The van der Waals surface area contributed by atoms with Gasteiger partial charge in [0.1, 0.15) is 0 Å². The second kappa shape index (κ2) is 7.28. The standard InChI is InChI=1S/C17H18FN5O2S/c1-9-12(10(2)23-16(19-9)21-17(22-23)26-4)8-15(24)20-11-5-6-14(25-3)13(18)7-11/h5-7H,8H2,1-4H3,(H,20,24). The summed E-state index contributed by atoms with van der Waals surface area (Å²) in [4.78, 5) is 21.1. The Morgan fingerprint density at radius 2 is 2.12 bits per heavy atom. The fourth-order valence-corrected chi connectivity index (χ4v) is 2.98. The number of thioether (sulfide) groups is 1. The molecule has 0 aliphatic carbocycles. The Kier molecular flexibility index (Phi) is 5.08. The van der Waals surface area contributed by atoms with Gasteiger partial charge < -0.3 is 10.1 Å². The van der Waals surface area contributed by atoms with Crippen LogP contribution in [-0.2, 0) is 11.2 Å². The minimum atomic E-state index is -0.534. The van der Waals surface area contributed by atoms with Crippen LogP contribution in [0.25, 0.3) is 5.78 Å². The number of hydrogen-bond donors (Lipinski definition) is 1. The average molecular weight is 375 g/mol. The maximum atomic E-state index is 13.8. The van der Waals surface area contributed by atoms with Crippen LogP contribution in [0.1, 0.15) is 17.0 Å². The molecule has 3 rings (SSSR count). The minimum Gasteiger partial charge on any atom is -0.494 e. The highest BCUT2D eigenvalue weighted by molar-refractivity contribution is 7.98. The topological polar surface area (TPSA) is 81.4 Å². The number of carbonyl (C=O) groups excluding carboxylic acids is 1. The number of ether oxygens (including phenoxy) is 1. The van der Waals surface area contributed by atoms with Crippen molar-refractivity contribution in [1.82, 2.24) is 19.6 Å². The zero-order chi connectivity index (χ0) is 18.8. The van der Waals surface area contributed by atoms with E-state index in [0.29, 0.717) is 22.3 Å². The number of halogens is 1. The highest BCUT2D eigenvalue weighted by Gasteiger charge is 2.16. The predicted molar refractivity (Wildman–Crippen MR) is 97.3 cm³/mol. The molecule has 26 heavy (non-hydrogen) atoms. The van der Waals surface area contributed by atoms with E-state index in [4.69, 9.17) is 4.74 Å². The third-order valence-corrected chi connectivity index (χ3v) is 4.52. The Bertz CT molecular complexity index is 989. The van der Waals surface area contributed by atoms with Crippen LogP contribution in [0.5, 0.6) is 5.75 Å². The molecule has 3 aromatic rings. The fourth-order valence-electron chi connectivity index (χ4n) is 2.64. The lowest BCUT2D eigenvalue weighted by Gasteiger charge is -2.11. The summed E-state index contributed by atoms with van der Waals surface area (Å²) in [5.41, 5.74) is 2.65. The normalized spacial score (nSPS) is 11.0. The van der Waals surface area contributed by atoms with E-state index in [9.17, 15) is 9.18 Å². The van der Waals surface area contributed by atoms with Crippen molar-refractivity contribution in [3.63, 3.8) is 0 Å². The van der Waals surface area contributed by atoms with Crippen molar-refractivity contribution in [2.24, 2.45) is 0 Å². The fraction of sp³-hybridized carbons (Fsp3) is 0.294.